The summed E-state index contributed by atoms with van der Waals surface area (Å²) in [7, 11) is 1.57. The van der Waals surface area contributed by atoms with E-state index in [9.17, 15) is 9.59 Å². The van der Waals surface area contributed by atoms with Crippen LogP contribution in [0.15, 0.2) is 41.0 Å². The van der Waals surface area contributed by atoms with Crippen LogP contribution in [0.25, 0.3) is 0 Å². The van der Waals surface area contributed by atoms with Crippen molar-refractivity contribution in [2.45, 2.75) is 19.4 Å². The molecule has 1 amide bonds. The van der Waals surface area contributed by atoms with Crippen LogP contribution in [0.5, 0.6) is 0 Å². The van der Waals surface area contributed by atoms with Gasteiger partial charge in [-0.15, -0.1) is 0 Å². The molecule has 0 fully saturated rings. The first-order valence-electron chi connectivity index (χ1n) is 7.17. The van der Waals surface area contributed by atoms with Gasteiger partial charge in [-0.2, -0.15) is 0 Å². The van der Waals surface area contributed by atoms with Crippen molar-refractivity contribution >= 4 is 11.9 Å². The third-order valence-corrected chi connectivity index (χ3v) is 3.49. The Morgan fingerprint density at radius 2 is 2.00 bits per heavy atom. The fourth-order valence-electron chi connectivity index (χ4n) is 2.35. The lowest BCUT2D eigenvalue weighted by molar-refractivity contribution is -0.136. The van der Waals surface area contributed by atoms with Crippen molar-refractivity contribution in [2.24, 2.45) is 0 Å². The molecule has 1 atom stereocenters. The van der Waals surface area contributed by atoms with Crippen molar-refractivity contribution in [1.82, 2.24) is 5.32 Å². The van der Waals surface area contributed by atoms with E-state index in [-0.39, 0.29) is 36.3 Å². The maximum absolute atomic E-state index is 12.4. The van der Waals surface area contributed by atoms with Crippen LogP contribution in [0.3, 0.4) is 0 Å². The molecule has 122 valence electrons. The first-order chi connectivity index (χ1) is 11.0. The summed E-state index contributed by atoms with van der Waals surface area (Å²) in [4.78, 5) is 23.2. The van der Waals surface area contributed by atoms with Gasteiger partial charge in [-0.25, -0.2) is 0 Å². The van der Waals surface area contributed by atoms with Gasteiger partial charge in [0.25, 0.3) is 5.91 Å². The number of carbonyl (C=O) groups is 2. The summed E-state index contributed by atoms with van der Waals surface area (Å²) in [5.74, 6) is -1.26. The highest BCUT2D eigenvalue weighted by molar-refractivity contribution is 5.97. The van der Waals surface area contributed by atoms with Gasteiger partial charge in [-0.3, -0.25) is 9.59 Å². The zero-order valence-electron chi connectivity index (χ0n) is 13.0. The van der Waals surface area contributed by atoms with Crippen molar-refractivity contribution in [3.63, 3.8) is 0 Å². The predicted octanol–water partition coefficient (Wildman–Crippen LogP) is 2.33. The summed E-state index contributed by atoms with van der Waals surface area (Å²) >= 11 is 0. The van der Waals surface area contributed by atoms with Crippen molar-refractivity contribution in [3.8, 4) is 0 Å². The molecule has 0 aliphatic heterocycles. The van der Waals surface area contributed by atoms with Gasteiger partial charge in [-0.05, 0) is 12.5 Å². The highest BCUT2D eigenvalue weighted by atomic mass is 16.5. The topological polar surface area (TPSA) is 88.8 Å². The third-order valence-electron chi connectivity index (χ3n) is 3.49. The fraction of sp³-hybridized carbons (Fsp3) is 0.294. The lowest BCUT2D eigenvalue weighted by atomic mass is 10.1. The molecule has 6 nitrogen and oxygen atoms in total. The maximum atomic E-state index is 12.4. The van der Waals surface area contributed by atoms with Crippen LogP contribution in [-0.4, -0.2) is 30.6 Å². The molecule has 1 aromatic heterocycles. The number of nitrogens with one attached hydrogen (secondary N) is 1. The van der Waals surface area contributed by atoms with Crippen molar-refractivity contribution in [2.75, 3.05) is 13.7 Å². The number of carbonyl (C=O) groups excluding carboxylic acids is 1. The van der Waals surface area contributed by atoms with E-state index in [2.05, 4.69) is 5.32 Å². The molecule has 1 heterocycles. The second-order valence-electron chi connectivity index (χ2n) is 5.13. The van der Waals surface area contributed by atoms with E-state index in [1.807, 2.05) is 30.3 Å². The van der Waals surface area contributed by atoms with Crippen LogP contribution in [0.1, 0.15) is 33.3 Å². The zero-order chi connectivity index (χ0) is 16.8. The van der Waals surface area contributed by atoms with Crippen LogP contribution >= 0.6 is 0 Å². The number of hydrogen-bond acceptors (Lipinski definition) is 4. The van der Waals surface area contributed by atoms with E-state index in [0.717, 1.165) is 5.56 Å². The van der Waals surface area contributed by atoms with Crippen molar-refractivity contribution in [3.05, 3.63) is 59.0 Å². The Morgan fingerprint density at radius 3 is 2.61 bits per heavy atom. The number of carboxylic acids is 1. The lowest BCUT2D eigenvalue weighted by Crippen LogP contribution is -2.30. The van der Waals surface area contributed by atoms with Gasteiger partial charge in [0.05, 0.1) is 17.9 Å². The van der Waals surface area contributed by atoms with E-state index >= 15 is 0 Å². The van der Waals surface area contributed by atoms with Crippen LogP contribution in [0, 0.1) is 6.92 Å². The number of methoxy groups -OCH3 is 1. The summed E-state index contributed by atoms with van der Waals surface area (Å²) in [6, 6.07) is 9.53. The molecule has 0 spiro atoms. The Balaban J connectivity index is 2.07. The molecule has 6 heteroatoms. The molecular formula is C17H19NO5. The fourth-order valence-corrected chi connectivity index (χ4v) is 2.35. The Kier molecular flexibility index (Phi) is 5.54. The lowest BCUT2D eigenvalue weighted by Gasteiger charge is -2.16. The quantitative estimate of drug-likeness (QED) is 0.818. The molecule has 1 aromatic carbocycles. The molecule has 0 saturated carbocycles. The SMILES string of the molecule is COC(CNC(=O)c1c(C)coc1CC(=O)O)c1ccccc1. The van der Waals surface area contributed by atoms with Gasteiger partial charge in [0.15, 0.2) is 0 Å². The first kappa shape index (κ1) is 16.8. The standard InChI is InChI=1S/C17H19NO5/c1-11-10-23-13(8-15(19)20)16(11)17(21)18-9-14(22-2)12-6-4-3-5-7-12/h3-7,10,14H,8-9H2,1-2H3,(H,18,21)(H,19,20). The third kappa shape index (κ3) is 4.20. The number of hydrogen-bond donors (Lipinski definition) is 2. The second kappa shape index (κ2) is 7.60. The molecule has 0 saturated heterocycles. The minimum absolute atomic E-state index is 0.154. The van der Waals surface area contributed by atoms with E-state index in [1.54, 1.807) is 14.0 Å². The Bertz CT molecular complexity index is 678. The van der Waals surface area contributed by atoms with Gasteiger partial charge in [-0.1, -0.05) is 30.3 Å². The van der Waals surface area contributed by atoms with Gasteiger partial charge >= 0.3 is 5.97 Å². The number of rotatable bonds is 7. The normalized spacial score (nSPS) is 11.9. The zero-order valence-corrected chi connectivity index (χ0v) is 13.0. The Labute approximate surface area is 134 Å². The van der Waals surface area contributed by atoms with Crippen LogP contribution in [0.4, 0.5) is 0 Å². The molecule has 2 N–H and O–H groups in total. The monoisotopic (exact) mass is 317 g/mol. The number of ether oxygens (including phenoxy) is 1. The number of aryl methyl sites for hydroxylation is 1. The molecule has 0 aliphatic rings. The molecule has 23 heavy (non-hydrogen) atoms. The van der Waals surface area contributed by atoms with Gasteiger partial charge in [0.2, 0.25) is 0 Å². The average Bonchev–Trinajstić information content (AvgIpc) is 2.88. The Morgan fingerprint density at radius 1 is 1.30 bits per heavy atom. The highest BCUT2D eigenvalue weighted by Crippen LogP contribution is 2.19. The molecule has 0 aliphatic carbocycles. The van der Waals surface area contributed by atoms with Crippen LogP contribution in [-0.2, 0) is 16.0 Å². The largest absolute Gasteiger partial charge is 0.481 e. The maximum Gasteiger partial charge on any atom is 0.311 e. The minimum atomic E-state index is -1.05. The number of aliphatic carboxylic acids is 1. The van der Waals surface area contributed by atoms with Crippen molar-refractivity contribution < 1.29 is 23.8 Å². The van der Waals surface area contributed by atoms with Crippen LogP contribution in [0.2, 0.25) is 0 Å². The number of furan rings is 1. The minimum Gasteiger partial charge on any atom is -0.481 e. The van der Waals surface area contributed by atoms with E-state index in [1.165, 1.54) is 6.26 Å². The second-order valence-corrected chi connectivity index (χ2v) is 5.13. The average molecular weight is 317 g/mol. The van der Waals surface area contributed by atoms with E-state index in [4.69, 9.17) is 14.3 Å². The molecule has 2 aromatic rings. The predicted molar refractivity (Wildman–Crippen MR) is 83.3 cm³/mol. The van der Waals surface area contributed by atoms with Gasteiger partial charge in [0.1, 0.15) is 12.2 Å². The van der Waals surface area contributed by atoms with E-state index in [0.29, 0.717) is 5.56 Å². The molecule has 0 radical (unpaired) electrons. The van der Waals surface area contributed by atoms with Crippen LogP contribution < -0.4 is 5.32 Å². The van der Waals surface area contributed by atoms with E-state index < -0.39 is 5.97 Å². The number of carboxylic acid groups (broad SMARTS) is 1. The summed E-state index contributed by atoms with van der Waals surface area (Å²) in [5.41, 5.74) is 1.83. The van der Waals surface area contributed by atoms with Gasteiger partial charge in [0, 0.05) is 19.2 Å². The molecule has 0 bridgehead atoms. The number of amides is 1. The van der Waals surface area contributed by atoms with Gasteiger partial charge < -0.3 is 19.6 Å². The summed E-state index contributed by atoms with van der Waals surface area (Å²) in [6.07, 6.45) is 0.775. The summed E-state index contributed by atoms with van der Waals surface area (Å²) in [6.45, 7) is 1.98. The molecular weight excluding hydrogens is 298 g/mol. The molecule has 1 unspecified atom stereocenters. The summed E-state index contributed by atoms with van der Waals surface area (Å²) < 4.78 is 10.6. The highest BCUT2D eigenvalue weighted by Gasteiger charge is 2.21. The Hall–Kier alpha value is -2.60. The van der Waals surface area contributed by atoms with Crippen molar-refractivity contribution in [1.29, 1.82) is 0 Å². The number of benzene rings is 1. The summed E-state index contributed by atoms with van der Waals surface area (Å²) in [5, 5.41) is 11.6. The smallest absolute Gasteiger partial charge is 0.311 e. The molecule has 2 rings (SSSR count). The first-order valence-corrected chi connectivity index (χ1v) is 7.17.